The molecule has 5 nitrogen and oxygen atoms in total. The quantitative estimate of drug-likeness (QED) is 0.512. The van der Waals surface area contributed by atoms with Gasteiger partial charge in [-0.1, -0.05) is 26.2 Å². The van der Waals surface area contributed by atoms with E-state index in [9.17, 15) is 9.59 Å². The van der Waals surface area contributed by atoms with Crippen molar-refractivity contribution in [2.24, 2.45) is 0 Å². The summed E-state index contributed by atoms with van der Waals surface area (Å²) < 4.78 is 0. The summed E-state index contributed by atoms with van der Waals surface area (Å²) in [7, 11) is 0. The van der Waals surface area contributed by atoms with Gasteiger partial charge >= 0.3 is 0 Å². The molecule has 0 fully saturated rings. The smallest absolute Gasteiger partial charge is 0.253 e. The molecule has 0 aliphatic heterocycles. The van der Waals surface area contributed by atoms with Gasteiger partial charge in [0.1, 0.15) is 11.4 Å². The second-order valence-electron chi connectivity index (χ2n) is 6.95. The van der Waals surface area contributed by atoms with Crippen LogP contribution in [0.15, 0.2) is 9.59 Å². The Morgan fingerprint density at radius 2 is 1.64 bits per heavy atom. The Balaban J connectivity index is 2.34. The van der Waals surface area contributed by atoms with Crippen LogP contribution in [0.4, 0.5) is 11.4 Å². The van der Waals surface area contributed by atoms with Crippen LogP contribution in [-0.4, -0.2) is 30.1 Å². The molecular weight excluding hydrogens is 278 g/mol. The van der Waals surface area contributed by atoms with Gasteiger partial charge in [0, 0.05) is 18.6 Å². The Kier molecular flexibility index (Phi) is 7.07. The number of nitrogens with zero attached hydrogens (tertiary/aromatic N) is 1. The zero-order valence-electron chi connectivity index (χ0n) is 14.5. The molecule has 126 valence electrons. The van der Waals surface area contributed by atoms with Gasteiger partial charge in [0.05, 0.1) is 0 Å². The van der Waals surface area contributed by atoms with Crippen molar-refractivity contribution in [1.82, 2.24) is 4.90 Å². The first-order chi connectivity index (χ1) is 10.3. The van der Waals surface area contributed by atoms with Crippen molar-refractivity contribution >= 4 is 11.4 Å². The average Bonchev–Trinajstić information content (AvgIpc) is 2.46. The fourth-order valence-electron chi connectivity index (χ4n) is 2.58. The Hall–Kier alpha value is -1.36. The largest absolute Gasteiger partial charge is 0.394 e. The third-order valence-corrected chi connectivity index (χ3v) is 4.08. The monoisotopic (exact) mass is 309 g/mol. The van der Waals surface area contributed by atoms with Crippen LogP contribution in [-0.2, 0) is 0 Å². The summed E-state index contributed by atoms with van der Waals surface area (Å²) in [4.78, 5) is 24.8. The normalized spacial score (nSPS) is 12.2. The number of anilines is 2. The van der Waals surface area contributed by atoms with E-state index in [4.69, 9.17) is 5.73 Å². The zero-order chi connectivity index (χ0) is 16.8. The third-order valence-electron chi connectivity index (χ3n) is 4.08. The maximum Gasteiger partial charge on any atom is 0.253 e. The Morgan fingerprint density at radius 3 is 2.18 bits per heavy atom. The second kappa shape index (κ2) is 8.32. The molecule has 5 heteroatoms. The van der Waals surface area contributed by atoms with Crippen LogP contribution in [0.3, 0.4) is 0 Å². The second-order valence-corrected chi connectivity index (χ2v) is 6.95. The van der Waals surface area contributed by atoms with Gasteiger partial charge in [-0.25, -0.2) is 0 Å². The van der Waals surface area contributed by atoms with E-state index in [2.05, 4.69) is 37.9 Å². The molecular formula is C17H31N3O2. The number of unbranched alkanes of at least 4 members (excludes halogenated alkanes) is 3. The lowest BCUT2D eigenvalue weighted by Gasteiger charge is -2.36. The Bertz CT molecular complexity index is 525. The van der Waals surface area contributed by atoms with Crippen molar-refractivity contribution < 1.29 is 0 Å². The van der Waals surface area contributed by atoms with Gasteiger partial charge in [0.2, 0.25) is 0 Å². The highest BCUT2D eigenvalue weighted by Crippen LogP contribution is 2.16. The molecule has 0 amide bonds. The number of nitrogens with two attached hydrogens (primary N) is 1. The van der Waals surface area contributed by atoms with Gasteiger partial charge in [-0.3, -0.25) is 14.5 Å². The number of hydrogen-bond acceptors (Lipinski definition) is 5. The molecule has 0 saturated carbocycles. The summed E-state index contributed by atoms with van der Waals surface area (Å²) in [5.41, 5.74) is 4.98. The summed E-state index contributed by atoms with van der Waals surface area (Å²) in [6.07, 6.45) is 5.97. The summed E-state index contributed by atoms with van der Waals surface area (Å²) >= 11 is 0. The molecule has 1 aromatic rings. The van der Waals surface area contributed by atoms with E-state index in [1.54, 1.807) is 0 Å². The summed E-state index contributed by atoms with van der Waals surface area (Å²) in [6, 6.07) is 0. The first-order valence-electron chi connectivity index (χ1n) is 8.36. The van der Waals surface area contributed by atoms with E-state index < -0.39 is 10.9 Å². The van der Waals surface area contributed by atoms with Gasteiger partial charge < -0.3 is 11.1 Å². The first-order valence-corrected chi connectivity index (χ1v) is 8.36. The fraction of sp³-hybridized carbons (Fsp3) is 0.765. The van der Waals surface area contributed by atoms with Crippen molar-refractivity contribution in [3.8, 4) is 0 Å². The van der Waals surface area contributed by atoms with E-state index >= 15 is 0 Å². The highest BCUT2D eigenvalue weighted by Gasteiger charge is 2.21. The molecule has 22 heavy (non-hydrogen) atoms. The minimum absolute atomic E-state index is 0.0808. The number of rotatable bonds is 10. The maximum atomic E-state index is 11.3. The zero-order valence-corrected chi connectivity index (χ0v) is 14.5. The molecule has 0 aromatic heterocycles. The minimum atomic E-state index is -0.560. The molecule has 1 rings (SSSR count). The van der Waals surface area contributed by atoms with Gasteiger partial charge in [0.15, 0.2) is 0 Å². The average molecular weight is 309 g/mol. The van der Waals surface area contributed by atoms with E-state index in [1.165, 1.54) is 25.7 Å². The lowest BCUT2D eigenvalue weighted by atomic mass is 10.0. The van der Waals surface area contributed by atoms with E-state index in [0.717, 1.165) is 19.5 Å². The topological polar surface area (TPSA) is 75.4 Å². The molecule has 0 saturated heterocycles. The summed E-state index contributed by atoms with van der Waals surface area (Å²) in [5, 5.41) is 2.99. The lowest BCUT2D eigenvalue weighted by Crippen LogP contribution is -2.43. The predicted octanol–water partition coefficient (Wildman–Crippen LogP) is 2.35. The molecule has 0 heterocycles. The predicted molar refractivity (Wildman–Crippen MR) is 94.3 cm³/mol. The Labute approximate surface area is 133 Å². The molecule has 3 N–H and O–H groups in total. The van der Waals surface area contributed by atoms with Gasteiger partial charge in [0.25, 0.3) is 10.9 Å². The van der Waals surface area contributed by atoms with Crippen LogP contribution in [0.2, 0.25) is 0 Å². The van der Waals surface area contributed by atoms with Crippen molar-refractivity contribution in [1.29, 1.82) is 0 Å². The molecule has 0 unspecified atom stereocenters. The van der Waals surface area contributed by atoms with Gasteiger partial charge in [-0.05, 0) is 40.2 Å². The van der Waals surface area contributed by atoms with Crippen LogP contribution in [0.5, 0.6) is 0 Å². The highest BCUT2D eigenvalue weighted by molar-refractivity contribution is 5.71. The molecule has 0 atom stereocenters. The molecule has 1 aromatic carbocycles. The molecule has 0 spiro atoms. The van der Waals surface area contributed by atoms with Crippen LogP contribution >= 0.6 is 0 Å². The van der Waals surface area contributed by atoms with Gasteiger partial charge in [-0.15, -0.1) is 0 Å². The van der Waals surface area contributed by atoms with Crippen molar-refractivity contribution in [3.63, 3.8) is 0 Å². The van der Waals surface area contributed by atoms with Crippen LogP contribution in [0.25, 0.3) is 0 Å². The SMILES string of the molecule is CCCCCCN(CCCNc1c(N)c(=O)c1=O)C(C)(C)C. The standard InChI is InChI=1S/C17H31N3O2/c1-5-6-7-8-11-20(17(2,3)4)12-9-10-19-14-13(18)15(21)16(14)22/h19H,5-12,18H2,1-4H3. The number of nitrogen functional groups attached to an aromatic ring is 1. The number of nitrogens with one attached hydrogen (secondary N) is 1. The van der Waals surface area contributed by atoms with Crippen molar-refractivity contribution in [3.05, 3.63) is 20.4 Å². The number of hydrogen-bond donors (Lipinski definition) is 2. The van der Waals surface area contributed by atoms with E-state index in [-0.39, 0.29) is 11.2 Å². The molecule has 0 aliphatic carbocycles. The van der Waals surface area contributed by atoms with Crippen molar-refractivity contribution in [2.45, 2.75) is 65.3 Å². The van der Waals surface area contributed by atoms with Gasteiger partial charge in [-0.2, -0.15) is 0 Å². The third kappa shape index (κ3) is 5.13. The molecule has 0 aliphatic rings. The maximum absolute atomic E-state index is 11.3. The molecule has 0 radical (unpaired) electrons. The fourth-order valence-corrected chi connectivity index (χ4v) is 2.58. The molecule has 0 bridgehead atoms. The van der Waals surface area contributed by atoms with E-state index in [1.807, 2.05) is 0 Å². The van der Waals surface area contributed by atoms with Crippen LogP contribution < -0.4 is 21.9 Å². The lowest BCUT2D eigenvalue weighted by molar-refractivity contribution is 0.133. The summed E-state index contributed by atoms with van der Waals surface area (Å²) in [6.45, 7) is 11.7. The van der Waals surface area contributed by atoms with E-state index in [0.29, 0.717) is 12.2 Å². The van der Waals surface area contributed by atoms with Crippen LogP contribution in [0, 0.1) is 0 Å². The Morgan fingerprint density at radius 1 is 1.00 bits per heavy atom. The minimum Gasteiger partial charge on any atom is -0.394 e. The first kappa shape index (κ1) is 18.7. The highest BCUT2D eigenvalue weighted by atomic mass is 16.2. The van der Waals surface area contributed by atoms with Crippen LogP contribution in [0.1, 0.15) is 59.8 Å². The van der Waals surface area contributed by atoms with Crippen molar-refractivity contribution in [2.75, 3.05) is 30.7 Å². The summed E-state index contributed by atoms with van der Waals surface area (Å²) in [5.74, 6) is 0.